The number of esters is 2. The third kappa shape index (κ3) is 35.6. The molecular weight excluding hydrogens is 634 g/mol. The Balaban J connectivity index is 4.06. The lowest BCUT2D eigenvalue weighted by Gasteiger charge is -2.25. The van der Waals surface area contributed by atoms with Gasteiger partial charge in [-0.1, -0.05) is 149 Å². The Hall–Kier alpha value is -1.14. The summed E-state index contributed by atoms with van der Waals surface area (Å²) in [6.07, 6.45) is 36.6. The van der Waals surface area contributed by atoms with Crippen LogP contribution in [0.3, 0.4) is 0 Å². The molecule has 0 atom stereocenters. The van der Waals surface area contributed by atoms with Crippen molar-refractivity contribution < 1.29 is 24.2 Å². The Labute approximate surface area is 318 Å². The summed E-state index contributed by atoms with van der Waals surface area (Å²) in [5, 5.41) is 9.56. The minimum atomic E-state index is -0.351. The molecule has 0 amide bonds. The molecule has 1 N–H and O–H groups in total. The van der Waals surface area contributed by atoms with E-state index in [-0.39, 0.29) is 30.3 Å². The van der Waals surface area contributed by atoms with Crippen LogP contribution in [0.1, 0.15) is 240 Å². The zero-order chi connectivity index (χ0) is 37.7. The lowest BCUT2D eigenvalue weighted by molar-refractivity contribution is -0.157. The summed E-state index contributed by atoms with van der Waals surface area (Å²) in [6.45, 7) is 13.9. The van der Waals surface area contributed by atoms with Crippen molar-refractivity contribution in [3.63, 3.8) is 0 Å². The number of carbonyl (C=O) groups excluding carboxylic acids is 2. The van der Waals surface area contributed by atoms with Gasteiger partial charge in [0.05, 0.1) is 6.61 Å². The van der Waals surface area contributed by atoms with Crippen LogP contribution < -0.4 is 0 Å². The molecule has 6 heteroatoms. The van der Waals surface area contributed by atoms with Crippen molar-refractivity contribution >= 4 is 11.9 Å². The predicted octanol–water partition coefficient (Wildman–Crippen LogP) is 13.1. The van der Waals surface area contributed by atoms with E-state index in [0.29, 0.717) is 12.8 Å². The average molecular weight is 724 g/mol. The fraction of sp³-hybridized carbons (Fsp3) is 0.956. The summed E-state index contributed by atoms with van der Waals surface area (Å²) in [5.41, 5.74) is -0.351. The highest BCUT2D eigenvalue weighted by atomic mass is 16.6. The number of hydrogen-bond donors (Lipinski definition) is 1. The molecule has 0 aromatic rings. The van der Waals surface area contributed by atoms with Gasteiger partial charge in [-0.15, -0.1) is 0 Å². The van der Waals surface area contributed by atoms with Crippen LogP contribution in [0.4, 0.5) is 0 Å². The quantitative estimate of drug-likeness (QED) is 0.0501. The van der Waals surface area contributed by atoms with E-state index < -0.39 is 0 Å². The lowest BCUT2D eigenvalue weighted by atomic mass is 9.99. The first-order valence-corrected chi connectivity index (χ1v) is 22.5. The van der Waals surface area contributed by atoms with Crippen LogP contribution in [0.25, 0.3) is 0 Å². The Morgan fingerprint density at radius 3 is 1.37 bits per heavy atom. The van der Waals surface area contributed by atoms with Gasteiger partial charge >= 0.3 is 11.9 Å². The van der Waals surface area contributed by atoms with Crippen LogP contribution in [-0.2, 0) is 19.1 Å². The van der Waals surface area contributed by atoms with E-state index in [9.17, 15) is 14.7 Å². The Morgan fingerprint density at radius 1 is 0.510 bits per heavy atom. The number of aliphatic hydroxyl groups is 1. The standard InChI is InChI=1S/C45H89NO5/c1-6-9-12-15-19-26-33-42(34-27-20-16-13-10-7-2)50-43(48)35-28-21-17-24-31-38-46(40-41-47)39-32-25-18-22-29-36-44(49)51-45(4,5)37-30-23-14-11-8-3/h42,47H,6-41H2,1-5H3. The summed E-state index contributed by atoms with van der Waals surface area (Å²) in [5.74, 6) is -0.0349. The molecule has 0 saturated carbocycles. The third-order valence-corrected chi connectivity index (χ3v) is 10.5. The van der Waals surface area contributed by atoms with Crippen molar-refractivity contribution in [2.75, 3.05) is 26.2 Å². The Morgan fingerprint density at radius 2 is 0.902 bits per heavy atom. The molecule has 0 spiro atoms. The maximum Gasteiger partial charge on any atom is 0.306 e. The molecule has 6 nitrogen and oxygen atoms in total. The van der Waals surface area contributed by atoms with Crippen molar-refractivity contribution in [2.24, 2.45) is 0 Å². The number of ether oxygens (including phenoxy) is 2. The zero-order valence-corrected chi connectivity index (χ0v) is 35.1. The van der Waals surface area contributed by atoms with Crippen LogP contribution >= 0.6 is 0 Å². The molecule has 0 aliphatic carbocycles. The van der Waals surface area contributed by atoms with Gasteiger partial charge in [0.25, 0.3) is 0 Å². The van der Waals surface area contributed by atoms with E-state index in [1.165, 1.54) is 109 Å². The minimum absolute atomic E-state index is 0.0125. The molecule has 0 fully saturated rings. The van der Waals surface area contributed by atoms with Gasteiger partial charge in [0.2, 0.25) is 0 Å². The van der Waals surface area contributed by atoms with Crippen LogP contribution in [0.2, 0.25) is 0 Å². The highest BCUT2D eigenvalue weighted by molar-refractivity contribution is 5.70. The summed E-state index contributed by atoms with van der Waals surface area (Å²) in [6, 6.07) is 0. The van der Waals surface area contributed by atoms with Gasteiger partial charge in [-0.05, 0) is 91.1 Å². The lowest BCUT2D eigenvalue weighted by Crippen LogP contribution is -2.29. The highest BCUT2D eigenvalue weighted by Gasteiger charge is 2.22. The molecule has 0 aliphatic rings. The molecule has 0 aromatic carbocycles. The number of rotatable bonds is 40. The molecule has 0 rings (SSSR count). The molecule has 0 heterocycles. The molecule has 0 aromatic heterocycles. The third-order valence-electron chi connectivity index (χ3n) is 10.5. The van der Waals surface area contributed by atoms with Gasteiger partial charge in [0.15, 0.2) is 0 Å². The highest BCUT2D eigenvalue weighted by Crippen LogP contribution is 2.21. The average Bonchev–Trinajstić information content (AvgIpc) is 3.09. The Bertz CT molecular complexity index is 741. The van der Waals surface area contributed by atoms with Gasteiger partial charge in [0.1, 0.15) is 11.7 Å². The van der Waals surface area contributed by atoms with Crippen LogP contribution in [-0.4, -0.2) is 59.9 Å². The first-order chi connectivity index (χ1) is 24.8. The fourth-order valence-electron chi connectivity index (χ4n) is 7.12. The zero-order valence-electron chi connectivity index (χ0n) is 35.1. The summed E-state index contributed by atoms with van der Waals surface area (Å²) in [4.78, 5) is 27.4. The summed E-state index contributed by atoms with van der Waals surface area (Å²) in [7, 11) is 0. The number of hydrogen-bond acceptors (Lipinski definition) is 6. The fourth-order valence-corrected chi connectivity index (χ4v) is 7.12. The van der Waals surface area contributed by atoms with E-state index in [1.54, 1.807) is 0 Å². The number of nitrogens with zero attached hydrogens (tertiary/aromatic N) is 1. The molecule has 0 bridgehead atoms. The van der Waals surface area contributed by atoms with Gasteiger partial charge in [-0.2, -0.15) is 0 Å². The van der Waals surface area contributed by atoms with Gasteiger partial charge in [0, 0.05) is 19.4 Å². The van der Waals surface area contributed by atoms with Gasteiger partial charge < -0.3 is 19.5 Å². The Kier molecular flexibility index (Phi) is 36.4. The maximum atomic E-state index is 12.7. The normalized spacial score (nSPS) is 11.9. The smallest absolute Gasteiger partial charge is 0.306 e. The second-order valence-electron chi connectivity index (χ2n) is 16.2. The molecule has 304 valence electrons. The van der Waals surface area contributed by atoms with Gasteiger partial charge in [-0.25, -0.2) is 0 Å². The number of unbranched alkanes of at least 4 members (excludes halogenated alkanes) is 22. The van der Waals surface area contributed by atoms with E-state index in [4.69, 9.17) is 9.47 Å². The largest absolute Gasteiger partial charge is 0.462 e. The van der Waals surface area contributed by atoms with Crippen molar-refractivity contribution in [1.82, 2.24) is 4.90 Å². The maximum absolute atomic E-state index is 12.7. The molecule has 0 aliphatic heterocycles. The van der Waals surface area contributed by atoms with Crippen molar-refractivity contribution in [1.29, 1.82) is 0 Å². The second kappa shape index (κ2) is 37.2. The van der Waals surface area contributed by atoms with Crippen molar-refractivity contribution in [3.8, 4) is 0 Å². The van der Waals surface area contributed by atoms with Gasteiger partial charge in [-0.3, -0.25) is 9.59 Å². The molecule has 51 heavy (non-hydrogen) atoms. The van der Waals surface area contributed by atoms with Crippen molar-refractivity contribution in [3.05, 3.63) is 0 Å². The monoisotopic (exact) mass is 724 g/mol. The minimum Gasteiger partial charge on any atom is -0.462 e. The molecular formula is C45H89NO5. The summed E-state index contributed by atoms with van der Waals surface area (Å²) >= 11 is 0. The number of carbonyl (C=O) groups is 2. The number of aliphatic hydroxyl groups excluding tert-OH is 1. The van der Waals surface area contributed by atoms with Crippen LogP contribution in [0.15, 0.2) is 0 Å². The summed E-state index contributed by atoms with van der Waals surface area (Å²) < 4.78 is 11.8. The van der Waals surface area contributed by atoms with Crippen LogP contribution in [0, 0.1) is 0 Å². The second-order valence-corrected chi connectivity index (χ2v) is 16.2. The van der Waals surface area contributed by atoms with E-state index in [2.05, 4.69) is 25.7 Å². The predicted molar refractivity (Wildman–Crippen MR) is 218 cm³/mol. The van der Waals surface area contributed by atoms with E-state index in [1.807, 2.05) is 13.8 Å². The van der Waals surface area contributed by atoms with E-state index >= 15 is 0 Å². The molecule has 0 unspecified atom stereocenters. The van der Waals surface area contributed by atoms with E-state index in [0.717, 1.165) is 103 Å². The SMILES string of the molecule is CCCCCCCCC(CCCCCCCC)OC(=O)CCCCCCCN(CCO)CCCCCCCC(=O)OC(C)(C)CCCCCCC. The topological polar surface area (TPSA) is 76.1 Å². The molecule has 0 saturated heterocycles. The first kappa shape index (κ1) is 49.9. The molecule has 0 radical (unpaired) electrons. The van der Waals surface area contributed by atoms with Crippen LogP contribution in [0.5, 0.6) is 0 Å². The van der Waals surface area contributed by atoms with Crippen molar-refractivity contribution in [2.45, 2.75) is 252 Å². The first-order valence-electron chi connectivity index (χ1n) is 22.5.